The molecule has 2 aliphatic rings. The number of ether oxygens (including phenoxy) is 2. The van der Waals surface area contributed by atoms with Crippen molar-refractivity contribution in [2.45, 2.75) is 39.2 Å². The zero-order valence-corrected chi connectivity index (χ0v) is 11.2. The Kier molecular flexibility index (Phi) is 3.16. The zero-order valence-electron chi connectivity index (χ0n) is 11.2. The summed E-state index contributed by atoms with van der Waals surface area (Å²) in [5, 5.41) is 3.55. The molecule has 3 heteroatoms. The molecule has 0 aromatic heterocycles. The molecule has 2 heterocycles. The largest absolute Gasteiger partial charge is 0.486 e. The van der Waals surface area contributed by atoms with Crippen molar-refractivity contribution in [1.82, 2.24) is 5.32 Å². The minimum atomic E-state index is 0.599. The van der Waals surface area contributed by atoms with Crippen LogP contribution in [0.25, 0.3) is 0 Å². The first-order valence-corrected chi connectivity index (χ1v) is 6.88. The van der Waals surface area contributed by atoms with Crippen LogP contribution in [0, 0.1) is 13.8 Å². The number of nitrogens with one attached hydrogen (secondary N) is 1. The van der Waals surface area contributed by atoms with Crippen molar-refractivity contribution >= 4 is 0 Å². The lowest BCUT2D eigenvalue weighted by Gasteiger charge is -2.25. The molecule has 98 valence electrons. The maximum atomic E-state index is 5.85. The summed E-state index contributed by atoms with van der Waals surface area (Å²) in [6.45, 7) is 6.74. The maximum absolute atomic E-state index is 5.85. The van der Waals surface area contributed by atoms with E-state index in [0.717, 1.165) is 24.5 Å². The van der Waals surface area contributed by atoms with E-state index in [4.69, 9.17) is 9.47 Å². The molecular weight excluding hydrogens is 226 g/mol. The Morgan fingerprint density at radius 3 is 2.72 bits per heavy atom. The highest BCUT2D eigenvalue weighted by molar-refractivity contribution is 5.55. The summed E-state index contributed by atoms with van der Waals surface area (Å²) in [6.07, 6.45) is 3.60. The number of rotatable bonds is 2. The smallest absolute Gasteiger partial charge is 0.164 e. The van der Waals surface area contributed by atoms with Crippen molar-refractivity contribution in [3.63, 3.8) is 0 Å². The normalized spacial score (nSPS) is 22.2. The fraction of sp³-hybridized carbons (Fsp3) is 0.600. The average Bonchev–Trinajstić information content (AvgIpc) is 2.89. The van der Waals surface area contributed by atoms with Crippen LogP contribution in [0.15, 0.2) is 6.07 Å². The maximum Gasteiger partial charge on any atom is 0.164 e. The molecule has 1 fully saturated rings. The third-order valence-electron chi connectivity index (χ3n) is 4.03. The summed E-state index contributed by atoms with van der Waals surface area (Å²) in [5.41, 5.74) is 3.81. The van der Waals surface area contributed by atoms with E-state index in [1.165, 1.54) is 29.5 Å². The van der Waals surface area contributed by atoms with Crippen molar-refractivity contribution in [2.24, 2.45) is 0 Å². The highest BCUT2D eigenvalue weighted by Crippen LogP contribution is 2.39. The summed E-state index contributed by atoms with van der Waals surface area (Å²) in [7, 11) is 0. The van der Waals surface area contributed by atoms with E-state index in [2.05, 4.69) is 25.2 Å². The summed E-state index contributed by atoms with van der Waals surface area (Å²) >= 11 is 0. The molecule has 1 aromatic carbocycles. The molecule has 0 aliphatic carbocycles. The van der Waals surface area contributed by atoms with Crippen LogP contribution in [0.1, 0.15) is 29.5 Å². The standard InChI is InChI=1S/C15H21NO2/c1-10-8-12(9-13-4-3-5-16-13)15-14(11(10)2)17-6-7-18-15/h8,13,16H,3-7,9H2,1-2H3. The lowest BCUT2D eigenvalue weighted by molar-refractivity contribution is 0.168. The van der Waals surface area contributed by atoms with Crippen molar-refractivity contribution in [2.75, 3.05) is 19.8 Å². The Morgan fingerprint density at radius 2 is 2.00 bits per heavy atom. The minimum absolute atomic E-state index is 0.599. The van der Waals surface area contributed by atoms with Gasteiger partial charge in [0.25, 0.3) is 0 Å². The van der Waals surface area contributed by atoms with E-state index in [0.29, 0.717) is 19.3 Å². The molecule has 0 spiro atoms. The van der Waals surface area contributed by atoms with Crippen molar-refractivity contribution in [3.05, 3.63) is 22.8 Å². The second-order valence-electron chi connectivity index (χ2n) is 5.33. The molecule has 0 saturated carbocycles. The first-order chi connectivity index (χ1) is 8.75. The van der Waals surface area contributed by atoms with Gasteiger partial charge in [0.15, 0.2) is 11.5 Å². The molecule has 0 radical (unpaired) electrons. The Bertz CT molecular complexity index is 450. The van der Waals surface area contributed by atoms with E-state index in [1.54, 1.807) is 0 Å². The van der Waals surface area contributed by atoms with Crippen LogP contribution in [0.5, 0.6) is 11.5 Å². The van der Waals surface area contributed by atoms with Gasteiger partial charge in [-0.1, -0.05) is 6.07 Å². The van der Waals surface area contributed by atoms with Crippen molar-refractivity contribution < 1.29 is 9.47 Å². The third kappa shape index (κ3) is 2.07. The summed E-state index contributed by atoms with van der Waals surface area (Å²) in [6, 6.07) is 2.87. The second kappa shape index (κ2) is 4.81. The van der Waals surface area contributed by atoms with Crippen LogP contribution < -0.4 is 14.8 Å². The van der Waals surface area contributed by atoms with E-state index in [-0.39, 0.29) is 0 Å². The third-order valence-corrected chi connectivity index (χ3v) is 4.03. The first kappa shape index (κ1) is 11.8. The van der Waals surface area contributed by atoms with Crippen LogP contribution in [-0.2, 0) is 6.42 Å². The Hall–Kier alpha value is -1.22. The molecule has 18 heavy (non-hydrogen) atoms. The van der Waals surface area contributed by atoms with Gasteiger partial charge in [-0.25, -0.2) is 0 Å². The van der Waals surface area contributed by atoms with Gasteiger partial charge in [0.2, 0.25) is 0 Å². The van der Waals surface area contributed by atoms with Gasteiger partial charge in [0.1, 0.15) is 13.2 Å². The van der Waals surface area contributed by atoms with Crippen LogP contribution in [0.3, 0.4) is 0 Å². The quantitative estimate of drug-likeness (QED) is 0.870. The predicted octanol–water partition coefficient (Wildman–Crippen LogP) is 2.37. The van der Waals surface area contributed by atoms with Crippen LogP contribution in [0.2, 0.25) is 0 Å². The van der Waals surface area contributed by atoms with E-state index >= 15 is 0 Å². The highest BCUT2D eigenvalue weighted by atomic mass is 16.6. The number of hydrogen-bond acceptors (Lipinski definition) is 3. The monoisotopic (exact) mass is 247 g/mol. The number of benzene rings is 1. The van der Waals surface area contributed by atoms with Gasteiger partial charge in [-0.3, -0.25) is 0 Å². The Labute approximate surface area is 108 Å². The van der Waals surface area contributed by atoms with Gasteiger partial charge in [0.05, 0.1) is 0 Å². The van der Waals surface area contributed by atoms with Gasteiger partial charge in [0, 0.05) is 6.04 Å². The Morgan fingerprint density at radius 1 is 1.22 bits per heavy atom. The minimum Gasteiger partial charge on any atom is -0.486 e. The lowest BCUT2D eigenvalue weighted by atomic mass is 9.97. The molecule has 1 saturated heterocycles. The first-order valence-electron chi connectivity index (χ1n) is 6.88. The molecule has 0 amide bonds. The molecule has 1 atom stereocenters. The van der Waals surface area contributed by atoms with Crippen molar-refractivity contribution in [1.29, 1.82) is 0 Å². The van der Waals surface area contributed by atoms with E-state index < -0.39 is 0 Å². The summed E-state index contributed by atoms with van der Waals surface area (Å²) < 4.78 is 11.6. The van der Waals surface area contributed by atoms with Crippen LogP contribution in [-0.4, -0.2) is 25.8 Å². The molecule has 3 rings (SSSR count). The highest BCUT2D eigenvalue weighted by Gasteiger charge is 2.23. The Balaban J connectivity index is 1.94. The number of aryl methyl sites for hydroxylation is 1. The molecule has 2 aliphatic heterocycles. The SMILES string of the molecule is Cc1cc(CC2CCCN2)c2c(c1C)OCCO2. The van der Waals surface area contributed by atoms with Crippen LogP contribution in [0.4, 0.5) is 0 Å². The zero-order chi connectivity index (χ0) is 12.5. The lowest BCUT2D eigenvalue weighted by Crippen LogP contribution is -2.25. The molecular formula is C15H21NO2. The fourth-order valence-corrected chi connectivity index (χ4v) is 2.90. The average molecular weight is 247 g/mol. The molecule has 1 unspecified atom stereocenters. The summed E-state index contributed by atoms with van der Waals surface area (Å²) in [5.74, 6) is 1.95. The molecule has 1 aromatic rings. The van der Waals surface area contributed by atoms with Gasteiger partial charge in [-0.15, -0.1) is 0 Å². The van der Waals surface area contributed by atoms with E-state index in [9.17, 15) is 0 Å². The second-order valence-corrected chi connectivity index (χ2v) is 5.33. The van der Waals surface area contributed by atoms with E-state index in [1.807, 2.05) is 0 Å². The molecule has 3 nitrogen and oxygen atoms in total. The number of hydrogen-bond donors (Lipinski definition) is 1. The van der Waals surface area contributed by atoms with Gasteiger partial charge in [-0.05, 0) is 56.3 Å². The topological polar surface area (TPSA) is 30.5 Å². The van der Waals surface area contributed by atoms with Gasteiger partial charge in [-0.2, -0.15) is 0 Å². The fourth-order valence-electron chi connectivity index (χ4n) is 2.90. The van der Waals surface area contributed by atoms with Crippen LogP contribution >= 0.6 is 0 Å². The van der Waals surface area contributed by atoms with Crippen molar-refractivity contribution in [3.8, 4) is 11.5 Å². The number of fused-ring (bicyclic) bond motifs is 1. The predicted molar refractivity (Wildman–Crippen MR) is 71.6 cm³/mol. The summed E-state index contributed by atoms with van der Waals surface area (Å²) in [4.78, 5) is 0. The van der Waals surface area contributed by atoms with Gasteiger partial charge < -0.3 is 14.8 Å². The molecule has 1 N–H and O–H groups in total. The van der Waals surface area contributed by atoms with Gasteiger partial charge >= 0.3 is 0 Å². The molecule has 0 bridgehead atoms.